The normalized spacial score (nSPS) is 19.1. The van der Waals surface area contributed by atoms with Crippen LogP contribution in [0.25, 0.3) is 0 Å². The number of anilines is 1. The monoisotopic (exact) mass is 206 g/mol. The van der Waals surface area contributed by atoms with E-state index in [0.717, 1.165) is 25.1 Å². The summed E-state index contributed by atoms with van der Waals surface area (Å²) in [6.07, 6.45) is 2.20. The zero-order chi connectivity index (χ0) is 10.8. The molecule has 0 aromatic heterocycles. The average Bonchev–Trinajstić information content (AvgIpc) is 2.27. The fourth-order valence-electron chi connectivity index (χ4n) is 2.13. The summed E-state index contributed by atoms with van der Waals surface area (Å²) in [7, 11) is 0. The molecule has 1 aromatic carbocycles. The minimum Gasteiger partial charge on any atom is -0.385 e. The summed E-state index contributed by atoms with van der Waals surface area (Å²) < 4.78 is 0. The number of nitro benzene ring substituents is 1. The van der Waals surface area contributed by atoms with Crippen molar-refractivity contribution in [3.63, 3.8) is 0 Å². The van der Waals surface area contributed by atoms with Gasteiger partial charge in [-0.1, -0.05) is 6.92 Å². The molecule has 0 spiro atoms. The number of nitrogens with one attached hydrogen (secondary N) is 1. The number of nitro groups is 1. The van der Waals surface area contributed by atoms with E-state index in [0.29, 0.717) is 5.92 Å². The molecule has 1 aliphatic rings. The highest BCUT2D eigenvalue weighted by atomic mass is 16.6. The molecule has 15 heavy (non-hydrogen) atoms. The van der Waals surface area contributed by atoms with Crippen molar-refractivity contribution in [3.8, 4) is 0 Å². The van der Waals surface area contributed by atoms with Crippen LogP contribution >= 0.6 is 0 Å². The quantitative estimate of drug-likeness (QED) is 0.598. The molecule has 4 nitrogen and oxygen atoms in total. The average molecular weight is 206 g/mol. The van der Waals surface area contributed by atoms with Crippen LogP contribution in [0.2, 0.25) is 0 Å². The van der Waals surface area contributed by atoms with E-state index in [1.54, 1.807) is 12.1 Å². The van der Waals surface area contributed by atoms with Gasteiger partial charge < -0.3 is 5.32 Å². The van der Waals surface area contributed by atoms with E-state index in [2.05, 4.69) is 12.2 Å². The summed E-state index contributed by atoms with van der Waals surface area (Å²) in [4.78, 5) is 10.3. The molecule has 1 aromatic rings. The van der Waals surface area contributed by atoms with Crippen molar-refractivity contribution >= 4 is 11.4 Å². The Labute approximate surface area is 88.5 Å². The lowest BCUT2D eigenvalue weighted by atomic mass is 9.89. The van der Waals surface area contributed by atoms with Gasteiger partial charge in [-0.15, -0.1) is 0 Å². The Hall–Kier alpha value is -1.58. The van der Waals surface area contributed by atoms with Crippen LogP contribution in [0.4, 0.5) is 11.4 Å². The topological polar surface area (TPSA) is 55.2 Å². The van der Waals surface area contributed by atoms with Gasteiger partial charge in [0, 0.05) is 24.4 Å². The Bertz CT molecular complexity index is 390. The maximum atomic E-state index is 10.6. The summed E-state index contributed by atoms with van der Waals surface area (Å²) >= 11 is 0. The van der Waals surface area contributed by atoms with E-state index >= 15 is 0 Å². The number of non-ortho nitro benzene ring substituents is 1. The van der Waals surface area contributed by atoms with Crippen molar-refractivity contribution in [1.29, 1.82) is 0 Å². The maximum Gasteiger partial charge on any atom is 0.271 e. The molecule has 1 unspecified atom stereocenters. The summed E-state index contributed by atoms with van der Waals surface area (Å²) in [5.41, 5.74) is 2.31. The van der Waals surface area contributed by atoms with Gasteiger partial charge in [-0.2, -0.15) is 0 Å². The van der Waals surface area contributed by atoms with Crippen molar-refractivity contribution in [2.75, 3.05) is 11.9 Å². The number of hydrogen-bond acceptors (Lipinski definition) is 3. The summed E-state index contributed by atoms with van der Waals surface area (Å²) in [6, 6.07) is 5.11. The van der Waals surface area contributed by atoms with Crippen LogP contribution < -0.4 is 5.32 Å². The lowest BCUT2D eigenvalue weighted by Gasteiger charge is -2.25. The molecule has 0 fully saturated rings. The smallest absolute Gasteiger partial charge is 0.271 e. The zero-order valence-corrected chi connectivity index (χ0v) is 8.69. The Morgan fingerprint density at radius 1 is 1.60 bits per heavy atom. The second kappa shape index (κ2) is 3.88. The predicted octanol–water partition coefficient (Wildman–Crippen LogP) is 2.90. The first-order valence-electron chi connectivity index (χ1n) is 5.24. The Morgan fingerprint density at radius 3 is 3.07 bits per heavy atom. The summed E-state index contributed by atoms with van der Waals surface area (Å²) in [5, 5.41) is 13.8. The van der Waals surface area contributed by atoms with Crippen molar-refractivity contribution in [1.82, 2.24) is 0 Å². The molecule has 0 saturated heterocycles. The fraction of sp³-hybridized carbons (Fsp3) is 0.455. The fourth-order valence-corrected chi connectivity index (χ4v) is 2.13. The molecule has 0 saturated carbocycles. The maximum absolute atomic E-state index is 10.6. The third kappa shape index (κ3) is 1.79. The van der Waals surface area contributed by atoms with Crippen LogP contribution in [0.1, 0.15) is 31.2 Å². The second-order valence-corrected chi connectivity index (χ2v) is 3.85. The summed E-state index contributed by atoms with van der Waals surface area (Å²) in [5.74, 6) is 0.544. The van der Waals surface area contributed by atoms with Crippen molar-refractivity contribution in [2.45, 2.75) is 25.7 Å². The first-order chi connectivity index (χ1) is 7.22. The van der Waals surface area contributed by atoms with E-state index < -0.39 is 0 Å². The Kier molecular flexibility index (Phi) is 2.58. The Balaban J connectivity index is 2.40. The second-order valence-electron chi connectivity index (χ2n) is 3.85. The number of benzene rings is 1. The van der Waals surface area contributed by atoms with E-state index in [-0.39, 0.29) is 10.6 Å². The molecular weight excluding hydrogens is 192 g/mol. The van der Waals surface area contributed by atoms with E-state index in [1.165, 1.54) is 5.56 Å². The van der Waals surface area contributed by atoms with Gasteiger partial charge in [0.1, 0.15) is 0 Å². The van der Waals surface area contributed by atoms with E-state index in [9.17, 15) is 10.1 Å². The van der Waals surface area contributed by atoms with Gasteiger partial charge in [-0.25, -0.2) is 0 Å². The molecule has 0 bridgehead atoms. The molecule has 80 valence electrons. The van der Waals surface area contributed by atoms with Gasteiger partial charge >= 0.3 is 0 Å². The zero-order valence-electron chi connectivity index (χ0n) is 8.69. The van der Waals surface area contributed by atoms with Gasteiger partial charge in [0.25, 0.3) is 5.69 Å². The molecular formula is C11H14N2O2. The molecule has 0 aliphatic carbocycles. The molecule has 2 rings (SSSR count). The van der Waals surface area contributed by atoms with Gasteiger partial charge in [0.2, 0.25) is 0 Å². The molecule has 1 heterocycles. The first kappa shape index (κ1) is 9.96. The van der Waals surface area contributed by atoms with Crippen LogP contribution in [-0.4, -0.2) is 11.5 Å². The SMILES string of the molecule is CCC1CCNc2cc([N+](=O)[O-])ccc21. The molecule has 1 atom stereocenters. The highest BCUT2D eigenvalue weighted by molar-refractivity contribution is 5.60. The van der Waals surface area contributed by atoms with Crippen LogP contribution in [0.3, 0.4) is 0 Å². The van der Waals surface area contributed by atoms with E-state index in [4.69, 9.17) is 0 Å². The largest absolute Gasteiger partial charge is 0.385 e. The molecule has 1 N–H and O–H groups in total. The third-order valence-electron chi connectivity index (χ3n) is 2.99. The standard InChI is InChI=1S/C11H14N2O2/c1-2-8-5-6-12-11-7-9(13(14)15)3-4-10(8)11/h3-4,7-8,12H,2,5-6H2,1H3. The first-order valence-corrected chi connectivity index (χ1v) is 5.24. The van der Waals surface area contributed by atoms with Crippen LogP contribution in [0, 0.1) is 10.1 Å². The van der Waals surface area contributed by atoms with Crippen molar-refractivity contribution < 1.29 is 4.92 Å². The molecule has 1 aliphatic heterocycles. The highest BCUT2D eigenvalue weighted by Crippen LogP contribution is 2.35. The van der Waals surface area contributed by atoms with Gasteiger partial charge in [0.15, 0.2) is 0 Å². The number of hydrogen-bond donors (Lipinski definition) is 1. The van der Waals surface area contributed by atoms with Crippen molar-refractivity contribution in [2.24, 2.45) is 0 Å². The Morgan fingerprint density at radius 2 is 2.40 bits per heavy atom. The molecule has 0 amide bonds. The van der Waals surface area contributed by atoms with Crippen molar-refractivity contribution in [3.05, 3.63) is 33.9 Å². The minimum absolute atomic E-state index is 0.165. The number of rotatable bonds is 2. The number of nitrogens with zero attached hydrogens (tertiary/aromatic N) is 1. The van der Waals surface area contributed by atoms with Gasteiger partial charge in [0.05, 0.1) is 4.92 Å². The van der Waals surface area contributed by atoms with E-state index in [1.807, 2.05) is 6.07 Å². The van der Waals surface area contributed by atoms with Crippen LogP contribution in [-0.2, 0) is 0 Å². The lowest BCUT2D eigenvalue weighted by Crippen LogP contribution is -2.16. The minimum atomic E-state index is -0.350. The van der Waals surface area contributed by atoms with Gasteiger partial charge in [-0.3, -0.25) is 10.1 Å². The number of fused-ring (bicyclic) bond motifs is 1. The van der Waals surface area contributed by atoms with Gasteiger partial charge in [-0.05, 0) is 30.4 Å². The highest BCUT2D eigenvalue weighted by Gasteiger charge is 2.20. The summed E-state index contributed by atoms with van der Waals surface area (Å²) in [6.45, 7) is 3.06. The third-order valence-corrected chi connectivity index (χ3v) is 2.99. The van der Waals surface area contributed by atoms with Crippen LogP contribution in [0.15, 0.2) is 18.2 Å². The lowest BCUT2D eigenvalue weighted by molar-refractivity contribution is -0.384. The predicted molar refractivity (Wildman–Crippen MR) is 59.2 cm³/mol. The van der Waals surface area contributed by atoms with Crippen LogP contribution in [0.5, 0.6) is 0 Å². The molecule has 0 radical (unpaired) electrons. The molecule has 4 heteroatoms.